The van der Waals surface area contributed by atoms with Crippen molar-refractivity contribution in [3.63, 3.8) is 0 Å². The lowest BCUT2D eigenvalue weighted by Crippen LogP contribution is -2.12. The van der Waals surface area contributed by atoms with Crippen molar-refractivity contribution in [3.8, 4) is 22.6 Å². The lowest BCUT2D eigenvalue weighted by Gasteiger charge is -2.15. The number of hydrogen-bond acceptors (Lipinski definition) is 5. The van der Waals surface area contributed by atoms with Crippen molar-refractivity contribution in [2.75, 3.05) is 0 Å². The first-order chi connectivity index (χ1) is 16.4. The van der Waals surface area contributed by atoms with Gasteiger partial charge in [-0.05, 0) is 90.4 Å². The summed E-state index contributed by atoms with van der Waals surface area (Å²) in [6.45, 7) is 6.65. The minimum atomic E-state index is -0.628. The number of carbonyl (C=O) groups excluding carboxylic acids is 1. The molecule has 0 radical (unpaired) electrons. The molecular weight excluding hydrogens is 428 g/mol. The van der Waals surface area contributed by atoms with Gasteiger partial charge in [-0.1, -0.05) is 18.2 Å². The van der Waals surface area contributed by atoms with Crippen molar-refractivity contribution < 1.29 is 23.7 Å². The van der Waals surface area contributed by atoms with Crippen LogP contribution in [0.15, 0.2) is 48.5 Å². The van der Waals surface area contributed by atoms with Crippen LogP contribution < -0.4 is 9.47 Å². The van der Waals surface area contributed by atoms with Crippen LogP contribution >= 0.6 is 0 Å². The van der Waals surface area contributed by atoms with Gasteiger partial charge < -0.3 is 18.9 Å². The Hall–Kier alpha value is -3.31. The van der Waals surface area contributed by atoms with E-state index in [0.717, 1.165) is 34.6 Å². The summed E-state index contributed by atoms with van der Waals surface area (Å²) in [5.41, 5.74) is 9.52. The van der Waals surface area contributed by atoms with Gasteiger partial charge in [0, 0.05) is 24.5 Å². The second-order valence-electron chi connectivity index (χ2n) is 9.73. The predicted molar refractivity (Wildman–Crippen MR) is 128 cm³/mol. The summed E-state index contributed by atoms with van der Waals surface area (Å²) in [6, 6.07) is 16.6. The monoisotopic (exact) mass is 456 g/mol. The van der Waals surface area contributed by atoms with Gasteiger partial charge in [-0.25, -0.2) is 0 Å². The van der Waals surface area contributed by atoms with E-state index in [1.165, 1.54) is 47.6 Å². The van der Waals surface area contributed by atoms with Gasteiger partial charge >= 0.3 is 5.97 Å². The Morgan fingerprint density at radius 3 is 2.76 bits per heavy atom. The minimum Gasteiger partial charge on any atom is -0.489 e. The Kier molecular flexibility index (Phi) is 4.92. The van der Waals surface area contributed by atoms with Gasteiger partial charge in [0.1, 0.15) is 23.7 Å². The van der Waals surface area contributed by atoms with Gasteiger partial charge in [-0.3, -0.25) is 4.79 Å². The van der Waals surface area contributed by atoms with Gasteiger partial charge in [0.25, 0.3) is 0 Å². The average Bonchev–Trinajstić information content (AvgIpc) is 3.29. The van der Waals surface area contributed by atoms with E-state index in [-0.39, 0.29) is 11.6 Å². The average molecular weight is 457 g/mol. The van der Waals surface area contributed by atoms with Crippen molar-refractivity contribution in [1.29, 1.82) is 0 Å². The summed E-state index contributed by atoms with van der Waals surface area (Å²) in [5, 5.41) is 0. The summed E-state index contributed by atoms with van der Waals surface area (Å²) in [5.74, 6) is 1.49. The summed E-state index contributed by atoms with van der Waals surface area (Å²) >= 11 is 0. The molecule has 3 aromatic carbocycles. The molecule has 0 unspecified atom stereocenters. The molecule has 1 saturated carbocycles. The number of hydrogen-bond donors (Lipinski definition) is 0. The molecule has 5 heteroatoms. The first kappa shape index (κ1) is 21.2. The van der Waals surface area contributed by atoms with Gasteiger partial charge in [0.05, 0.1) is 6.61 Å². The van der Waals surface area contributed by atoms with E-state index >= 15 is 0 Å². The summed E-state index contributed by atoms with van der Waals surface area (Å²) in [7, 11) is 0. The second kappa shape index (κ2) is 7.88. The van der Waals surface area contributed by atoms with Crippen molar-refractivity contribution >= 4 is 5.97 Å². The lowest BCUT2D eigenvalue weighted by atomic mass is 9.90. The molecular formula is C29H28O5. The van der Waals surface area contributed by atoms with Gasteiger partial charge in [0.15, 0.2) is 0 Å². The summed E-state index contributed by atoms with van der Waals surface area (Å²) < 4.78 is 23.2. The van der Waals surface area contributed by atoms with Crippen LogP contribution in [-0.2, 0) is 33.9 Å². The number of carbonyl (C=O) groups is 1. The Balaban J connectivity index is 1.20. The van der Waals surface area contributed by atoms with Crippen LogP contribution in [0.25, 0.3) is 11.1 Å². The van der Waals surface area contributed by atoms with Crippen LogP contribution in [0.3, 0.4) is 0 Å². The first-order valence-corrected chi connectivity index (χ1v) is 11.9. The van der Waals surface area contributed by atoms with E-state index in [1.807, 2.05) is 18.2 Å². The Morgan fingerprint density at radius 1 is 1.12 bits per heavy atom. The van der Waals surface area contributed by atoms with Gasteiger partial charge in [0.2, 0.25) is 6.29 Å². The largest absolute Gasteiger partial charge is 0.489 e. The molecule has 3 aromatic rings. The van der Waals surface area contributed by atoms with Crippen LogP contribution in [0.4, 0.5) is 0 Å². The molecule has 1 fully saturated rings. The molecule has 0 saturated heterocycles. The summed E-state index contributed by atoms with van der Waals surface area (Å²) in [6.07, 6.45) is 2.74. The molecule has 0 amide bonds. The van der Waals surface area contributed by atoms with Crippen LogP contribution in [0.5, 0.6) is 11.5 Å². The topological polar surface area (TPSA) is 54.0 Å². The zero-order valence-corrected chi connectivity index (χ0v) is 19.8. The fraction of sp³-hybridized carbons (Fsp3) is 0.345. The number of esters is 1. The third kappa shape index (κ3) is 3.74. The molecule has 3 aliphatic rings. The molecule has 174 valence electrons. The molecule has 1 aliphatic carbocycles. The van der Waals surface area contributed by atoms with Crippen molar-refractivity contribution in [1.82, 2.24) is 0 Å². The lowest BCUT2D eigenvalue weighted by molar-refractivity contribution is -0.175. The molecule has 6 rings (SSSR count). The molecule has 1 spiro atoms. The molecule has 34 heavy (non-hydrogen) atoms. The van der Waals surface area contributed by atoms with E-state index in [2.05, 4.69) is 44.2 Å². The second-order valence-corrected chi connectivity index (χ2v) is 9.73. The van der Waals surface area contributed by atoms with Crippen LogP contribution in [0.1, 0.15) is 59.4 Å². The maximum Gasteiger partial charge on any atom is 0.305 e. The zero-order chi connectivity index (χ0) is 23.4. The molecule has 1 atom stereocenters. The minimum absolute atomic E-state index is 0.0902. The zero-order valence-electron chi connectivity index (χ0n) is 19.8. The van der Waals surface area contributed by atoms with E-state index in [9.17, 15) is 4.79 Å². The summed E-state index contributed by atoms with van der Waals surface area (Å²) in [4.78, 5) is 11.3. The van der Waals surface area contributed by atoms with Crippen LogP contribution in [-0.4, -0.2) is 11.6 Å². The SMILES string of the molecule is CC(=O)O[C@@H]1OCc2cc(OCc3cccc(-c4c(C)cc5c(c4C)CC4(CC4)O5)c3)ccc21. The highest BCUT2D eigenvalue weighted by molar-refractivity contribution is 5.75. The number of benzene rings is 3. The Labute approximate surface area is 199 Å². The molecule has 2 aliphatic heterocycles. The fourth-order valence-electron chi connectivity index (χ4n) is 5.27. The van der Waals surface area contributed by atoms with E-state index < -0.39 is 6.29 Å². The van der Waals surface area contributed by atoms with Gasteiger partial charge in [-0.2, -0.15) is 0 Å². The number of fused-ring (bicyclic) bond motifs is 2. The first-order valence-electron chi connectivity index (χ1n) is 11.9. The smallest absolute Gasteiger partial charge is 0.305 e. The van der Waals surface area contributed by atoms with E-state index in [1.54, 1.807) is 0 Å². The number of ether oxygens (including phenoxy) is 4. The molecule has 2 heterocycles. The number of rotatable bonds is 5. The normalized spacial score (nSPS) is 18.9. The highest BCUT2D eigenvalue weighted by Crippen LogP contribution is 2.52. The van der Waals surface area contributed by atoms with Crippen molar-refractivity contribution in [3.05, 3.63) is 81.9 Å². The van der Waals surface area contributed by atoms with Crippen LogP contribution in [0, 0.1) is 13.8 Å². The third-order valence-corrected chi connectivity index (χ3v) is 7.15. The Morgan fingerprint density at radius 2 is 1.97 bits per heavy atom. The predicted octanol–water partition coefficient (Wildman–Crippen LogP) is 6.11. The van der Waals surface area contributed by atoms with E-state index in [0.29, 0.717) is 13.2 Å². The standard InChI is InChI=1S/C29H28O5/c1-17-11-26-25(14-29(34-26)9-10-29)18(2)27(17)21-6-4-5-20(12-21)15-31-23-7-8-24-22(13-23)16-32-28(24)33-19(3)30/h4-8,11-13,28H,9-10,14-16H2,1-3H3/t28-/m0/s1. The highest BCUT2D eigenvalue weighted by Gasteiger charge is 2.50. The molecule has 0 N–H and O–H groups in total. The third-order valence-electron chi connectivity index (χ3n) is 7.15. The quantitative estimate of drug-likeness (QED) is 0.434. The maximum atomic E-state index is 11.3. The molecule has 0 bridgehead atoms. The van der Waals surface area contributed by atoms with Crippen molar-refractivity contribution in [2.45, 2.75) is 65.1 Å². The fourth-order valence-corrected chi connectivity index (χ4v) is 5.27. The van der Waals surface area contributed by atoms with E-state index in [4.69, 9.17) is 18.9 Å². The molecule has 5 nitrogen and oxygen atoms in total. The van der Waals surface area contributed by atoms with Crippen molar-refractivity contribution in [2.24, 2.45) is 0 Å². The highest BCUT2D eigenvalue weighted by atomic mass is 16.7. The maximum absolute atomic E-state index is 11.3. The van der Waals surface area contributed by atoms with Crippen LogP contribution in [0.2, 0.25) is 0 Å². The molecule has 0 aromatic heterocycles. The van der Waals surface area contributed by atoms with Gasteiger partial charge in [-0.15, -0.1) is 0 Å². The Bertz CT molecular complexity index is 1300. The number of aryl methyl sites for hydroxylation is 1.